The van der Waals surface area contributed by atoms with Crippen LogP contribution in [0.2, 0.25) is 0 Å². The lowest BCUT2D eigenvalue weighted by molar-refractivity contribution is 0.532. The Labute approximate surface area is 120 Å². The maximum absolute atomic E-state index is 11.4. The third kappa shape index (κ3) is 3.81. The van der Waals surface area contributed by atoms with Gasteiger partial charge in [-0.05, 0) is 29.3 Å². The predicted octanol–water partition coefficient (Wildman–Crippen LogP) is 2.93. The number of hydrogen-bond donors (Lipinski definition) is 1. The molecule has 2 aromatic rings. The highest BCUT2D eigenvalue weighted by Gasteiger charge is 2.15. The Morgan fingerprint density at radius 1 is 1.10 bits per heavy atom. The second-order valence-corrected chi connectivity index (χ2v) is 7.36. The zero-order chi connectivity index (χ0) is 14.6. The van der Waals surface area contributed by atoms with E-state index in [1.807, 2.05) is 25.1 Å². The molecule has 0 aliphatic carbocycles. The van der Waals surface area contributed by atoms with Crippen LogP contribution in [0, 0.1) is 0 Å². The molecule has 0 aromatic heterocycles. The summed E-state index contributed by atoms with van der Waals surface area (Å²) in [6, 6.07) is 14.5. The molecule has 0 radical (unpaired) electrons. The van der Waals surface area contributed by atoms with Gasteiger partial charge in [0.2, 0.25) is 0 Å². The van der Waals surface area contributed by atoms with Gasteiger partial charge in [0.15, 0.2) is 0 Å². The summed E-state index contributed by atoms with van der Waals surface area (Å²) in [4.78, 5) is 0. The predicted molar refractivity (Wildman–Crippen MR) is 84.7 cm³/mol. The van der Waals surface area contributed by atoms with E-state index in [0.717, 1.165) is 6.54 Å². The molecule has 0 saturated carbocycles. The topological polar surface area (TPSA) is 46.2 Å². The van der Waals surface area contributed by atoms with Crippen LogP contribution < -0.4 is 5.32 Å². The molecule has 0 spiro atoms. The SMILES string of the molecule is CCNC(CCS(C)(=O)=O)c1cccc2ccccc12. The smallest absolute Gasteiger partial charge is 0.147 e. The van der Waals surface area contributed by atoms with E-state index in [4.69, 9.17) is 0 Å². The number of fused-ring (bicyclic) bond motifs is 1. The fraction of sp³-hybridized carbons (Fsp3) is 0.375. The number of sulfone groups is 1. The highest BCUT2D eigenvalue weighted by molar-refractivity contribution is 7.90. The van der Waals surface area contributed by atoms with E-state index >= 15 is 0 Å². The van der Waals surface area contributed by atoms with Gasteiger partial charge in [-0.2, -0.15) is 0 Å². The van der Waals surface area contributed by atoms with E-state index < -0.39 is 9.84 Å². The fourth-order valence-corrected chi connectivity index (χ4v) is 3.16. The Kier molecular flexibility index (Phi) is 4.78. The molecule has 0 amide bonds. The lowest BCUT2D eigenvalue weighted by atomic mass is 9.97. The van der Waals surface area contributed by atoms with Gasteiger partial charge in [-0.1, -0.05) is 49.4 Å². The third-order valence-corrected chi connectivity index (χ3v) is 4.40. The monoisotopic (exact) mass is 291 g/mol. The summed E-state index contributed by atoms with van der Waals surface area (Å²) in [5.41, 5.74) is 1.17. The van der Waals surface area contributed by atoms with Crippen LogP contribution >= 0.6 is 0 Å². The van der Waals surface area contributed by atoms with Crippen molar-refractivity contribution in [2.24, 2.45) is 0 Å². The average Bonchev–Trinajstić information content (AvgIpc) is 2.42. The molecular weight excluding hydrogens is 270 g/mol. The Morgan fingerprint density at radius 3 is 2.50 bits per heavy atom. The molecule has 0 fully saturated rings. The van der Waals surface area contributed by atoms with E-state index in [2.05, 4.69) is 29.6 Å². The van der Waals surface area contributed by atoms with Gasteiger partial charge >= 0.3 is 0 Å². The molecule has 2 rings (SSSR count). The first kappa shape index (κ1) is 15.0. The number of nitrogens with one attached hydrogen (secondary N) is 1. The van der Waals surface area contributed by atoms with Crippen LogP contribution in [0.4, 0.5) is 0 Å². The Morgan fingerprint density at radius 2 is 1.80 bits per heavy atom. The van der Waals surface area contributed by atoms with E-state index in [-0.39, 0.29) is 11.8 Å². The summed E-state index contributed by atoms with van der Waals surface area (Å²) in [5.74, 6) is 0.202. The van der Waals surface area contributed by atoms with Gasteiger partial charge in [0.05, 0.1) is 5.75 Å². The fourth-order valence-electron chi connectivity index (χ4n) is 2.50. The van der Waals surface area contributed by atoms with Crippen molar-refractivity contribution in [2.45, 2.75) is 19.4 Å². The summed E-state index contributed by atoms with van der Waals surface area (Å²) in [7, 11) is -2.94. The first-order valence-electron chi connectivity index (χ1n) is 6.90. The molecule has 1 atom stereocenters. The largest absolute Gasteiger partial charge is 0.310 e. The average molecular weight is 291 g/mol. The Balaban J connectivity index is 2.36. The molecule has 4 heteroatoms. The summed E-state index contributed by atoms with van der Waals surface area (Å²) in [6.07, 6.45) is 1.89. The molecule has 0 aliphatic heterocycles. The zero-order valence-electron chi connectivity index (χ0n) is 12.0. The highest BCUT2D eigenvalue weighted by atomic mass is 32.2. The van der Waals surface area contributed by atoms with Crippen LogP contribution in [0.5, 0.6) is 0 Å². The summed E-state index contributed by atoms with van der Waals surface area (Å²) in [6.45, 7) is 2.86. The minimum absolute atomic E-state index is 0.0702. The minimum Gasteiger partial charge on any atom is -0.310 e. The van der Waals surface area contributed by atoms with Crippen LogP contribution in [-0.2, 0) is 9.84 Å². The molecule has 1 N–H and O–H groups in total. The summed E-state index contributed by atoms with van der Waals surface area (Å²) < 4.78 is 22.8. The van der Waals surface area contributed by atoms with Gasteiger partial charge in [0.25, 0.3) is 0 Å². The van der Waals surface area contributed by atoms with E-state index in [0.29, 0.717) is 6.42 Å². The molecule has 2 aromatic carbocycles. The van der Waals surface area contributed by atoms with E-state index in [1.54, 1.807) is 0 Å². The standard InChI is InChI=1S/C16H21NO2S/c1-3-17-16(11-12-20(2,18)19)15-10-6-8-13-7-4-5-9-14(13)15/h4-10,16-17H,3,11-12H2,1-2H3. The van der Waals surface area contributed by atoms with Crippen LogP contribution in [0.1, 0.15) is 24.9 Å². The number of hydrogen-bond acceptors (Lipinski definition) is 3. The van der Waals surface area contributed by atoms with Gasteiger partial charge in [0, 0.05) is 12.3 Å². The van der Waals surface area contributed by atoms with Crippen molar-refractivity contribution in [3.05, 3.63) is 48.0 Å². The molecule has 20 heavy (non-hydrogen) atoms. The molecule has 1 unspecified atom stereocenters. The lowest BCUT2D eigenvalue weighted by Gasteiger charge is -2.20. The maximum atomic E-state index is 11.4. The van der Waals surface area contributed by atoms with Crippen molar-refractivity contribution >= 4 is 20.6 Å². The molecular formula is C16H21NO2S. The van der Waals surface area contributed by atoms with Gasteiger partial charge in [-0.3, -0.25) is 0 Å². The molecule has 108 valence electrons. The first-order valence-corrected chi connectivity index (χ1v) is 8.96. The van der Waals surface area contributed by atoms with Crippen molar-refractivity contribution in [2.75, 3.05) is 18.6 Å². The van der Waals surface area contributed by atoms with Gasteiger partial charge in [-0.15, -0.1) is 0 Å². The maximum Gasteiger partial charge on any atom is 0.147 e. The first-order chi connectivity index (χ1) is 9.51. The Bertz CT molecular complexity index is 674. The number of rotatable bonds is 6. The second-order valence-electron chi connectivity index (χ2n) is 5.10. The van der Waals surface area contributed by atoms with Crippen LogP contribution in [0.3, 0.4) is 0 Å². The normalized spacial score (nSPS) is 13.5. The van der Waals surface area contributed by atoms with Crippen molar-refractivity contribution in [3.63, 3.8) is 0 Å². The van der Waals surface area contributed by atoms with Gasteiger partial charge in [0.1, 0.15) is 9.84 Å². The summed E-state index contributed by atoms with van der Waals surface area (Å²) >= 11 is 0. The zero-order valence-corrected chi connectivity index (χ0v) is 12.8. The lowest BCUT2D eigenvalue weighted by Crippen LogP contribution is -2.23. The van der Waals surface area contributed by atoms with Gasteiger partial charge in [-0.25, -0.2) is 8.42 Å². The molecule has 0 saturated heterocycles. The summed E-state index contributed by atoms with van der Waals surface area (Å²) in [5, 5.41) is 5.78. The van der Waals surface area contributed by atoms with Crippen LogP contribution in [-0.4, -0.2) is 27.0 Å². The second kappa shape index (κ2) is 6.37. The number of benzene rings is 2. The quantitative estimate of drug-likeness (QED) is 0.890. The van der Waals surface area contributed by atoms with Crippen molar-refractivity contribution in [1.82, 2.24) is 5.32 Å². The van der Waals surface area contributed by atoms with E-state index in [1.165, 1.54) is 22.6 Å². The van der Waals surface area contributed by atoms with Crippen molar-refractivity contribution in [3.8, 4) is 0 Å². The molecule has 0 bridgehead atoms. The minimum atomic E-state index is -2.94. The van der Waals surface area contributed by atoms with Crippen LogP contribution in [0.25, 0.3) is 10.8 Å². The highest BCUT2D eigenvalue weighted by Crippen LogP contribution is 2.26. The van der Waals surface area contributed by atoms with Crippen molar-refractivity contribution in [1.29, 1.82) is 0 Å². The molecule has 3 nitrogen and oxygen atoms in total. The van der Waals surface area contributed by atoms with E-state index in [9.17, 15) is 8.42 Å². The van der Waals surface area contributed by atoms with Crippen LogP contribution in [0.15, 0.2) is 42.5 Å². The molecule has 0 heterocycles. The van der Waals surface area contributed by atoms with Crippen molar-refractivity contribution < 1.29 is 8.42 Å². The third-order valence-electron chi connectivity index (χ3n) is 3.43. The van der Waals surface area contributed by atoms with Gasteiger partial charge < -0.3 is 5.32 Å². The molecule has 0 aliphatic rings. The Hall–Kier alpha value is -1.39.